The third-order valence-electron chi connectivity index (χ3n) is 3.55. The van der Waals surface area contributed by atoms with Gasteiger partial charge in [-0.1, -0.05) is 47.0 Å². The molecule has 4 atom stereocenters. The summed E-state index contributed by atoms with van der Waals surface area (Å²) in [4.78, 5) is 0. The Balaban J connectivity index is 3.72. The molecule has 104 valence electrons. The standard InChI is InChI=1S/C15H32O2/c1-5-6-7-12(2)8-13(3)9-14(4)10-15(17)11-16/h12-17H,5-11H2,1-4H3. The van der Waals surface area contributed by atoms with Gasteiger partial charge in [-0.2, -0.15) is 0 Å². The van der Waals surface area contributed by atoms with E-state index < -0.39 is 6.10 Å². The third-order valence-corrected chi connectivity index (χ3v) is 3.55. The molecule has 0 aromatic rings. The topological polar surface area (TPSA) is 40.5 Å². The normalized spacial score (nSPS) is 18.7. The van der Waals surface area contributed by atoms with Crippen molar-refractivity contribution in [2.75, 3.05) is 6.61 Å². The van der Waals surface area contributed by atoms with E-state index >= 15 is 0 Å². The van der Waals surface area contributed by atoms with E-state index in [0.717, 1.165) is 24.7 Å². The summed E-state index contributed by atoms with van der Waals surface area (Å²) < 4.78 is 0. The van der Waals surface area contributed by atoms with Gasteiger partial charge in [0.15, 0.2) is 0 Å². The van der Waals surface area contributed by atoms with Crippen LogP contribution in [0, 0.1) is 17.8 Å². The highest BCUT2D eigenvalue weighted by atomic mass is 16.3. The van der Waals surface area contributed by atoms with Crippen molar-refractivity contribution in [3.8, 4) is 0 Å². The minimum Gasteiger partial charge on any atom is -0.394 e. The highest BCUT2D eigenvalue weighted by Gasteiger charge is 2.15. The first-order valence-corrected chi connectivity index (χ1v) is 7.28. The van der Waals surface area contributed by atoms with E-state index in [9.17, 15) is 5.11 Å². The minimum absolute atomic E-state index is 0.106. The van der Waals surface area contributed by atoms with E-state index in [1.165, 1.54) is 25.7 Å². The fraction of sp³-hybridized carbons (Fsp3) is 1.00. The molecule has 0 aromatic carbocycles. The molecule has 0 aliphatic rings. The van der Waals surface area contributed by atoms with Gasteiger partial charge in [0.1, 0.15) is 0 Å². The average molecular weight is 244 g/mol. The molecule has 0 rings (SSSR count). The lowest BCUT2D eigenvalue weighted by Crippen LogP contribution is -2.17. The fourth-order valence-corrected chi connectivity index (χ4v) is 2.78. The molecular formula is C15H32O2. The maximum Gasteiger partial charge on any atom is 0.0773 e. The Labute approximate surface area is 107 Å². The average Bonchev–Trinajstić information content (AvgIpc) is 2.25. The number of unbranched alkanes of at least 4 members (excludes halogenated alkanes) is 1. The number of rotatable bonds is 10. The molecule has 4 unspecified atom stereocenters. The predicted molar refractivity (Wildman–Crippen MR) is 74.0 cm³/mol. The van der Waals surface area contributed by atoms with Crippen molar-refractivity contribution in [3.05, 3.63) is 0 Å². The Morgan fingerprint density at radius 2 is 1.41 bits per heavy atom. The van der Waals surface area contributed by atoms with Crippen molar-refractivity contribution in [2.45, 2.75) is 72.3 Å². The van der Waals surface area contributed by atoms with E-state index in [1.54, 1.807) is 0 Å². The zero-order chi connectivity index (χ0) is 13.3. The van der Waals surface area contributed by atoms with Gasteiger partial charge in [-0.3, -0.25) is 0 Å². The maximum atomic E-state index is 9.39. The molecule has 0 spiro atoms. The molecule has 0 aromatic heterocycles. The number of aliphatic hydroxyl groups excluding tert-OH is 2. The van der Waals surface area contributed by atoms with E-state index in [4.69, 9.17) is 5.11 Å². The van der Waals surface area contributed by atoms with Crippen LogP contribution in [0.1, 0.15) is 66.2 Å². The quantitative estimate of drug-likeness (QED) is 0.616. The molecule has 2 heteroatoms. The lowest BCUT2D eigenvalue weighted by Gasteiger charge is -2.21. The second kappa shape index (κ2) is 9.90. The lowest BCUT2D eigenvalue weighted by atomic mass is 9.86. The molecule has 0 bridgehead atoms. The largest absolute Gasteiger partial charge is 0.394 e. The molecular weight excluding hydrogens is 212 g/mol. The Kier molecular flexibility index (Phi) is 9.85. The van der Waals surface area contributed by atoms with Crippen LogP contribution in [0.4, 0.5) is 0 Å². The SMILES string of the molecule is CCCCC(C)CC(C)CC(C)CC(O)CO. The van der Waals surface area contributed by atoms with Gasteiger partial charge in [-0.15, -0.1) is 0 Å². The predicted octanol–water partition coefficient (Wildman–Crippen LogP) is 3.61. The van der Waals surface area contributed by atoms with E-state index in [2.05, 4.69) is 27.7 Å². The molecule has 0 saturated heterocycles. The third kappa shape index (κ3) is 9.61. The van der Waals surface area contributed by atoms with Gasteiger partial charge >= 0.3 is 0 Å². The lowest BCUT2D eigenvalue weighted by molar-refractivity contribution is 0.0725. The molecule has 0 aliphatic carbocycles. The Morgan fingerprint density at radius 3 is 1.94 bits per heavy atom. The summed E-state index contributed by atoms with van der Waals surface area (Å²) in [6, 6.07) is 0. The first-order chi connectivity index (χ1) is 7.99. The summed E-state index contributed by atoms with van der Waals surface area (Å²) in [6.07, 6.45) is 6.62. The van der Waals surface area contributed by atoms with Crippen LogP contribution in [0.5, 0.6) is 0 Å². The van der Waals surface area contributed by atoms with Gasteiger partial charge in [-0.05, 0) is 37.0 Å². The summed E-state index contributed by atoms with van der Waals surface area (Å²) in [5.74, 6) is 2.05. The summed E-state index contributed by atoms with van der Waals surface area (Å²) in [5, 5.41) is 18.2. The first-order valence-electron chi connectivity index (χ1n) is 7.28. The zero-order valence-electron chi connectivity index (χ0n) is 12.2. The highest BCUT2D eigenvalue weighted by molar-refractivity contribution is 4.66. The van der Waals surface area contributed by atoms with Crippen molar-refractivity contribution in [3.63, 3.8) is 0 Å². The molecule has 2 N–H and O–H groups in total. The van der Waals surface area contributed by atoms with Crippen molar-refractivity contribution >= 4 is 0 Å². The second-order valence-corrected chi connectivity index (χ2v) is 6.00. The van der Waals surface area contributed by atoms with Crippen LogP contribution in [0.2, 0.25) is 0 Å². The monoisotopic (exact) mass is 244 g/mol. The van der Waals surface area contributed by atoms with Gasteiger partial charge in [0.05, 0.1) is 12.7 Å². The highest BCUT2D eigenvalue weighted by Crippen LogP contribution is 2.24. The second-order valence-electron chi connectivity index (χ2n) is 6.00. The van der Waals surface area contributed by atoms with Crippen LogP contribution in [0.15, 0.2) is 0 Å². The van der Waals surface area contributed by atoms with Gasteiger partial charge in [0, 0.05) is 0 Å². The van der Waals surface area contributed by atoms with Crippen LogP contribution in [0.25, 0.3) is 0 Å². The minimum atomic E-state index is -0.533. The van der Waals surface area contributed by atoms with Gasteiger partial charge < -0.3 is 10.2 Å². The smallest absolute Gasteiger partial charge is 0.0773 e. The molecule has 17 heavy (non-hydrogen) atoms. The van der Waals surface area contributed by atoms with Gasteiger partial charge in [0.25, 0.3) is 0 Å². The van der Waals surface area contributed by atoms with Gasteiger partial charge in [-0.25, -0.2) is 0 Å². The number of hydrogen-bond donors (Lipinski definition) is 2. The molecule has 2 nitrogen and oxygen atoms in total. The number of hydrogen-bond acceptors (Lipinski definition) is 2. The summed E-state index contributed by atoms with van der Waals surface area (Å²) in [7, 11) is 0. The fourth-order valence-electron chi connectivity index (χ4n) is 2.78. The Bertz CT molecular complexity index is 170. The van der Waals surface area contributed by atoms with Crippen molar-refractivity contribution in [1.29, 1.82) is 0 Å². The Hall–Kier alpha value is -0.0800. The van der Waals surface area contributed by atoms with Crippen LogP contribution in [-0.2, 0) is 0 Å². The summed E-state index contributed by atoms with van der Waals surface area (Å²) in [5.41, 5.74) is 0. The molecule has 0 radical (unpaired) electrons. The van der Waals surface area contributed by atoms with Crippen LogP contribution < -0.4 is 0 Å². The Morgan fingerprint density at radius 1 is 0.882 bits per heavy atom. The van der Waals surface area contributed by atoms with E-state index in [-0.39, 0.29) is 6.61 Å². The van der Waals surface area contributed by atoms with Crippen LogP contribution in [0.3, 0.4) is 0 Å². The summed E-state index contributed by atoms with van der Waals surface area (Å²) >= 11 is 0. The summed E-state index contributed by atoms with van der Waals surface area (Å²) in [6.45, 7) is 8.97. The van der Waals surface area contributed by atoms with Crippen molar-refractivity contribution in [1.82, 2.24) is 0 Å². The molecule has 0 heterocycles. The van der Waals surface area contributed by atoms with Crippen LogP contribution >= 0.6 is 0 Å². The van der Waals surface area contributed by atoms with Gasteiger partial charge in [0.2, 0.25) is 0 Å². The molecule has 0 aliphatic heterocycles. The van der Waals surface area contributed by atoms with Crippen LogP contribution in [-0.4, -0.2) is 22.9 Å². The molecule has 0 saturated carbocycles. The van der Waals surface area contributed by atoms with Crippen molar-refractivity contribution < 1.29 is 10.2 Å². The number of aliphatic hydroxyl groups is 2. The molecule has 0 fully saturated rings. The maximum absolute atomic E-state index is 9.39. The van der Waals surface area contributed by atoms with E-state index in [0.29, 0.717) is 5.92 Å². The molecule has 0 amide bonds. The zero-order valence-corrected chi connectivity index (χ0v) is 12.2. The van der Waals surface area contributed by atoms with Crippen molar-refractivity contribution in [2.24, 2.45) is 17.8 Å². The van der Waals surface area contributed by atoms with E-state index in [1.807, 2.05) is 0 Å². The first kappa shape index (κ1) is 16.9.